The standard InChI is InChI=1S/C14H17F3N2O2.ClH/c15-14(16,17)12-7-18-6-11(12)13(21)19-5-9-2-1-3-10(4-9)8-20;/h1-4,11-12,18,20H,5-8H2,(H,19,21);1H/t11-,12-;/m1./s1. The quantitative estimate of drug-likeness (QED) is 0.782. The minimum absolute atomic E-state index is 0. The van der Waals surface area contributed by atoms with Gasteiger partial charge in [0.1, 0.15) is 0 Å². The molecular formula is C14H18ClF3N2O2. The molecule has 22 heavy (non-hydrogen) atoms. The fourth-order valence-electron chi connectivity index (χ4n) is 2.46. The second-order valence-electron chi connectivity index (χ2n) is 5.11. The normalized spacial score (nSPS) is 21.3. The molecule has 8 heteroatoms. The van der Waals surface area contributed by atoms with Crippen LogP contribution in [0.3, 0.4) is 0 Å². The monoisotopic (exact) mass is 338 g/mol. The lowest BCUT2D eigenvalue weighted by molar-refractivity contribution is -0.182. The fourth-order valence-corrected chi connectivity index (χ4v) is 2.46. The van der Waals surface area contributed by atoms with Crippen LogP contribution >= 0.6 is 12.4 Å². The highest BCUT2D eigenvalue weighted by Gasteiger charge is 2.49. The molecule has 0 radical (unpaired) electrons. The highest BCUT2D eigenvalue weighted by atomic mass is 35.5. The van der Waals surface area contributed by atoms with Crippen molar-refractivity contribution in [3.63, 3.8) is 0 Å². The van der Waals surface area contributed by atoms with E-state index in [9.17, 15) is 18.0 Å². The Morgan fingerprint density at radius 2 is 2.00 bits per heavy atom. The number of carbonyl (C=O) groups is 1. The van der Waals surface area contributed by atoms with Gasteiger partial charge in [-0.05, 0) is 11.1 Å². The summed E-state index contributed by atoms with van der Waals surface area (Å²) < 4.78 is 38.4. The van der Waals surface area contributed by atoms with Crippen LogP contribution in [0.2, 0.25) is 0 Å². The van der Waals surface area contributed by atoms with Crippen molar-refractivity contribution in [1.29, 1.82) is 0 Å². The topological polar surface area (TPSA) is 61.4 Å². The predicted octanol–water partition coefficient (Wildman–Crippen LogP) is 1.61. The smallest absolute Gasteiger partial charge is 0.392 e. The van der Waals surface area contributed by atoms with Crippen LogP contribution in [0, 0.1) is 11.8 Å². The maximum atomic E-state index is 12.8. The molecular weight excluding hydrogens is 321 g/mol. The Morgan fingerprint density at radius 1 is 1.32 bits per heavy atom. The molecule has 2 rings (SSSR count). The first kappa shape index (κ1) is 18.7. The third-order valence-electron chi connectivity index (χ3n) is 3.61. The van der Waals surface area contributed by atoms with Gasteiger partial charge in [-0.25, -0.2) is 0 Å². The van der Waals surface area contributed by atoms with Gasteiger partial charge in [-0.2, -0.15) is 13.2 Å². The van der Waals surface area contributed by atoms with Gasteiger partial charge in [-0.3, -0.25) is 4.79 Å². The number of alkyl halides is 3. The molecule has 0 spiro atoms. The third-order valence-corrected chi connectivity index (χ3v) is 3.61. The SMILES string of the molecule is Cl.O=C(NCc1cccc(CO)c1)[C@@H]1CNC[C@H]1C(F)(F)F. The first-order valence-corrected chi connectivity index (χ1v) is 6.65. The van der Waals surface area contributed by atoms with Crippen LogP contribution in [0.4, 0.5) is 13.2 Å². The van der Waals surface area contributed by atoms with Crippen LogP contribution < -0.4 is 10.6 Å². The Balaban J connectivity index is 0.00000242. The number of aliphatic hydroxyl groups excluding tert-OH is 1. The largest absolute Gasteiger partial charge is 0.393 e. The van der Waals surface area contributed by atoms with E-state index < -0.39 is 23.9 Å². The average molecular weight is 339 g/mol. The Labute approximate surface area is 132 Å². The molecule has 4 nitrogen and oxygen atoms in total. The van der Waals surface area contributed by atoms with E-state index in [1.807, 2.05) is 0 Å². The second-order valence-corrected chi connectivity index (χ2v) is 5.11. The summed E-state index contributed by atoms with van der Waals surface area (Å²) in [5, 5.41) is 14.2. The third kappa shape index (κ3) is 4.59. The van der Waals surface area contributed by atoms with Gasteiger partial charge in [0.25, 0.3) is 0 Å². The number of halogens is 4. The molecule has 1 fully saturated rings. The van der Waals surface area contributed by atoms with E-state index >= 15 is 0 Å². The minimum Gasteiger partial charge on any atom is -0.392 e. The van der Waals surface area contributed by atoms with Crippen molar-refractivity contribution >= 4 is 18.3 Å². The van der Waals surface area contributed by atoms with Crippen molar-refractivity contribution in [2.24, 2.45) is 11.8 Å². The highest BCUT2D eigenvalue weighted by molar-refractivity contribution is 5.85. The molecule has 1 heterocycles. The molecule has 1 aromatic carbocycles. The number of hydrogen-bond acceptors (Lipinski definition) is 3. The van der Waals surface area contributed by atoms with Crippen molar-refractivity contribution in [3.05, 3.63) is 35.4 Å². The molecule has 0 aliphatic carbocycles. The molecule has 0 unspecified atom stereocenters. The van der Waals surface area contributed by atoms with Gasteiger partial charge in [-0.15, -0.1) is 12.4 Å². The number of hydrogen-bond donors (Lipinski definition) is 3. The van der Waals surface area contributed by atoms with Crippen LogP contribution in [-0.4, -0.2) is 30.3 Å². The van der Waals surface area contributed by atoms with E-state index in [2.05, 4.69) is 10.6 Å². The van der Waals surface area contributed by atoms with Gasteiger partial charge >= 0.3 is 6.18 Å². The highest BCUT2D eigenvalue weighted by Crippen LogP contribution is 2.34. The predicted molar refractivity (Wildman–Crippen MR) is 77.4 cm³/mol. The van der Waals surface area contributed by atoms with Crippen LogP contribution in [0.15, 0.2) is 24.3 Å². The van der Waals surface area contributed by atoms with E-state index in [0.29, 0.717) is 5.56 Å². The number of rotatable bonds is 4. The number of nitrogens with one attached hydrogen (secondary N) is 2. The summed E-state index contributed by atoms with van der Waals surface area (Å²) in [5.74, 6) is -3.33. The zero-order valence-corrected chi connectivity index (χ0v) is 12.5. The lowest BCUT2D eigenvalue weighted by atomic mass is 9.94. The van der Waals surface area contributed by atoms with Gasteiger partial charge in [0, 0.05) is 19.6 Å². The zero-order chi connectivity index (χ0) is 15.5. The van der Waals surface area contributed by atoms with E-state index in [1.165, 1.54) is 0 Å². The molecule has 1 amide bonds. The molecule has 1 saturated heterocycles. The van der Waals surface area contributed by atoms with E-state index in [1.54, 1.807) is 24.3 Å². The summed E-state index contributed by atoms with van der Waals surface area (Å²) in [6, 6.07) is 6.90. The second kappa shape index (κ2) is 7.80. The first-order chi connectivity index (χ1) is 9.91. The van der Waals surface area contributed by atoms with Gasteiger partial charge < -0.3 is 15.7 Å². The van der Waals surface area contributed by atoms with Crippen LogP contribution in [0.25, 0.3) is 0 Å². The average Bonchev–Trinajstić information content (AvgIpc) is 2.94. The molecule has 2 atom stereocenters. The van der Waals surface area contributed by atoms with Crippen LogP contribution in [0.1, 0.15) is 11.1 Å². The summed E-state index contributed by atoms with van der Waals surface area (Å²) in [5.41, 5.74) is 1.43. The number of carbonyl (C=O) groups excluding carboxylic acids is 1. The Kier molecular flexibility index (Phi) is 6.65. The maximum Gasteiger partial charge on any atom is 0.393 e. The maximum absolute atomic E-state index is 12.8. The van der Waals surface area contributed by atoms with Gasteiger partial charge in [-0.1, -0.05) is 24.3 Å². The molecule has 0 bridgehead atoms. The van der Waals surface area contributed by atoms with Crippen molar-refractivity contribution < 1.29 is 23.1 Å². The van der Waals surface area contributed by atoms with Crippen molar-refractivity contribution in [1.82, 2.24) is 10.6 Å². The summed E-state index contributed by atoms with van der Waals surface area (Å²) in [7, 11) is 0. The summed E-state index contributed by atoms with van der Waals surface area (Å²) in [6.07, 6.45) is -4.37. The lowest BCUT2D eigenvalue weighted by Gasteiger charge is -2.20. The molecule has 0 aromatic heterocycles. The number of aliphatic hydroxyl groups is 1. The van der Waals surface area contributed by atoms with E-state index in [-0.39, 0.29) is 38.6 Å². The summed E-state index contributed by atoms with van der Waals surface area (Å²) in [6.45, 7) is -0.160. The number of amides is 1. The lowest BCUT2D eigenvalue weighted by Crippen LogP contribution is -2.39. The summed E-state index contributed by atoms with van der Waals surface area (Å²) >= 11 is 0. The van der Waals surface area contributed by atoms with Crippen molar-refractivity contribution in [3.8, 4) is 0 Å². The molecule has 3 N–H and O–H groups in total. The van der Waals surface area contributed by atoms with Gasteiger partial charge in [0.05, 0.1) is 18.4 Å². The molecule has 1 aliphatic heterocycles. The van der Waals surface area contributed by atoms with Crippen LogP contribution in [0.5, 0.6) is 0 Å². The zero-order valence-electron chi connectivity index (χ0n) is 11.7. The van der Waals surface area contributed by atoms with E-state index in [0.717, 1.165) is 5.56 Å². The summed E-state index contributed by atoms with van der Waals surface area (Å²) in [4.78, 5) is 11.9. The fraction of sp³-hybridized carbons (Fsp3) is 0.500. The minimum atomic E-state index is -4.37. The molecule has 124 valence electrons. The van der Waals surface area contributed by atoms with Crippen molar-refractivity contribution in [2.45, 2.75) is 19.3 Å². The molecule has 1 aromatic rings. The first-order valence-electron chi connectivity index (χ1n) is 6.65. The van der Waals surface area contributed by atoms with Crippen LogP contribution in [-0.2, 0) is 17.9 Å². The molecule has 0 saturated carbocycles. The van der Waals surface area contributed by atoms with E-state index in [4.69, 9.17) is 5.11 Å². The number of benzene rings is 1. The molecule has 1 aliphatic rings. The van der Waals surface area contributed by atoms with Crippen molar-refractivity contribution in [2.75, 3.05) is 13.1 Å². The van der Waals surface area contributed by atoms with Gasteiger partial charge in [0.2, 0.25) is 5.91 Å². The Morgan fingerprint density at radius 3 is 2.64 bits per heavy atom. The van der Waals surface area contributed by atoms with Gasteiger partial charge in [0.15, 0.2) is 0 Å². The Hall–Kier alpha value is -1.31. The Bertz CT molecular complexity index is 511.